The third-order valence-corrected chi connectivity index (χ3v) is 1.87. The summed E-state index contributed by atoms with van der Waals surface area (Å²) in [6.07, 6.45) is 3.80. The molecule has 1 atom stereocenters. The number of unbranched alkanes of at least 4 members (excludes halogenated alkanes) is 2. The van der Waals surface area contributed by atoms with Gasteiger partial charge in [-0.3, -0.25) is 48.3 Å². The van der Waals surface area contributed by atoms with Crippen LogP contribution in [0.5, 0.6) is 0 Å². The van der Waals surface area contributed by atoms with Gasteiger partial charge < -0.3 is 9.79 Å². The van der Waals surface area contributed by atoms with E-state index in [4.69, 9.17) is 76.3 Å². The number of hydrogen-bond donors (Lipinski definition) is 10. The minimum absolute atomic E-state index is 0. The van der Waals surface area contributed by atoms with Gasteiger partial charge in [-0.05, 0) is 19.3 Å². The van der Waals surface area contributed by atoms with Gasteiger partial charge >= 0.3 is 58.4 Å². The van der Waals surface area contributed by atoms with Crippen molar-refractivity contribution in [2.75, 3.05) is 5.75 Å². The van der Waals surface area contributed by atoms with Crippen LogP contribution in [0.15, 0.2) is 12.7 Å². The largest absolute Gasteiger partial charge is 1.00 e. The van der Waals surface area contributed by atoms with Gasteiger partial charge in [0.25, 0.3) is 10.1 Å². The molecule has 220 valence electrons. The van der Waals surface area contributed by atoms with Gasteiger partial charge in [0.1, 0.15) is 0 Å². The van der Waals surface area contributed by atoms with E-state index in [0.717, 1.165) is 12.8 Å². The van der Waals surface area contributed by atoms with E-state index >= 15 is 0 Å². The van der Waals surface area contributed by atoms with Gasteiger partial charge in [0, 0.05) is 0 Å². The van der Waals surface area contributed by atoms with E-state index < -0.39 is 49.7 Å². The molecule has 0 bridgehead atoms. The fourth-order valence-corrected chi connectivity index (χ4v) is 1.14. The summed E-state index contributed by atoms with van der Waals surface area (Å²) in [6.45, 7) is 3.48. The Labute approximate surface area is 212 Å². The van der Waals surface area contributed by atoms with E-state index in [1.165, 1.54) is 0 Å². The zero-order valence-corrected chi connectivity index (χ0v) is 22.7. The molecule has 18 nitrogen and oxygen atoms in total. The van der Waals surface area contributed by atoms with Gasteiger partial charge in [-0.2, -0.15) is 12.6 Å². The van der Waals surface area contributed by atoms with Crippen molar-refractivity contribution in [3.8, 4) is 0 Å². The predicted octanol–water partition coefficient (Wildman–Crippen LogP) is -2.15. The molecule has 10 N–H and O–H groups in total. The van der Waals surface area contributed by atoms with Crippen LogP contribution < -0.4 is 23.8 Å². The van der Waals surface area contributed by atoms with Gasteiger partial charge in [0.15, 0.2) is 0 Å². The molecular formula is C6H21F5LiO18P5S. The molecule has 0 aromatic rings. The maximum atomic E-state index is 10.4. The quantitative estimate of drug-likeness (QED) is 0.0372. The van der Waals surface area contributed by atoms with Crippen LogP contribution in [0.2, 0.25) is 0 Å². The molecule has 0 aliphatic carbocycles. The molecule has 0 aliphatic heterocycles. The molecule has 1 unspecified atom stereocenters. The monoisotopic (exact) mass is 670 g/mol. The summed E-state index contributed by atoms with van der Waals surface area (Å²) in [4.78, 5) is 71.1. The number of allylic oxidation sites excluding steroid dienone is 1. The Kier molecular flexibility index (Phi) is 36.3. The zero-order chi connectivity index (χ0) is 30.5. The molecule has 0 aromatic carbocycles. The molecule has 0 rings (SSSR count). The van der Waals surface area contributed by atoms with Gasteiger partial charge in [-0.25, -0.2) is 18.3 Å². The summed E-state index contributed by atoms with van der Waals surface area (Å²) in [6, 6.07) is 0. The third-order valence-electron chi connectivity index (χ3n) is 1.06. The number of rotatable bonds is 5. The van der Waals surface area contributed by atoms with Crippen LogP contribution >= 0.6 is 39.5 Å². The van der Waals surface area contributed by atoms with Crippen molar-refractivity contribution >= 4 is 49.7 Å². The van der Waals surface area contributed by atoms with E-state index in [1.807, 2.05) is 0 Å². The fourth-order valence-electron chi connectivity index (χ4n) is 0.573. The molecule has 0 saturated heterocycles. The summed E-state index contributed by atoms with van der Waals surface area (Å²) in [5, 5.41) is 0. The van der Waals surface area contributed by atoms with Crippen LogP contribution in [0.4, 0.5) is 21.0 Å². The molecule has 0 aromatic heterocycles. The molecule has 0 heterocycles. The first-order valence-electron chi connectivity index (χ1n) is 6.86. The maximum Gasteiger partial charge on any atom is 1.00 e. The topological polar surface area (TPSA) is 345 Å². The van der Waals surface area contributed by atoms with Crippen LogP contribution in [-0.4, -0.2) is 62.8 Å². The van der Waals surface area contributed by atoms with Crippen molar-refractivity contribution in [1.29, 1.82) is 0 Å². The van der Waals surface area contributed by atoms with Crippen molar-refractivity contribution in [1.82, 2.24) is 0 Å². The summed E-state index contributed by atoms with van der Waals surface area (Å²) in [5.41, 5.74) is 0. The zero-order valence-electron chi connectivity index (χ0n) is 17.4. The Morgan fingerprint density at radius 1 is 0.667 bits per heavy atom. The van der Waals surface area contributed by atoms with Gasteiger partial charge in [0.2, 0.25) is 0 Å². The van der Waals surface area contributed by atoms with E-state index in [9.17, 15) is 29.4 Å². The molecule has 0 fully saturated rings. The molecule has 0 radical (unpaired) electrons. The van der Waals surface area contributed by atoms with Crippen molar-refractivity contribution in [2.24, 2.45) is 0 Å². The predicted molar refractivity (Wildman–Crippen MR) is 104 cm³/mol. The average molecular weight is 670 g/mol. The fraction of sp³-hybridized carbons (Fsp3) is 0.667. The van der Waals surface area contributed by atoms with E-state index in [2.05, 4.69) is 6.58 Å². The van der Waals surface area contributed by atoms with Gasteiger partial charge in [-0.15, -0.1) is 23.4 Å². The van der Waals surface area contributed by atoms with E-state index in [0.29, 0.717) is 6.42 Å². The normalized spacial score (nSPS) is 12.7. The third kappa shape index (κ3) is 671. The molecule has 0 spiro atoms. The SMILES string of the molecule is C=CCCCCS(=O)(=O)O.O=P(O)(O)F.O=P(O)(O)F.O=P(O)(O)F.O=P(O)(O)F.O=P([O-])(O)F.[Li+]. The van der Waals surface area contributed by atoms with E-state index in [1.54, 1.807) is 6.08 Å². The second-order valence-corrected chi connectivity index (χ2v) is 10.7. The van der Waals surface area contributed by atoms with Crippen LogP contribution in [0.3, 0.4) is 0 Å². The van der Waals surface area contributed by atoms with Crippen LogP contribution in [0.25, 0.3) is 0 Å². The number of halogens is 5. The minimum atomic E-state index is -5.39. The average Bonchev–Trinajstić information content (AvgIpc) is 2.32. The standard InChI is InChI=1S/C6H12O3S.5FH2O3P.Li/c1-2-3-4-5-6-10(7,8)9;5*1-5(2,3)4;/h2H,1,3-6H2,(H,7,8,9);5*(H2,2,3,4);/q;;;;;;+1/p-1. The van der Waals surface area contributed by atoms with Crippen LogP contribution in [-0.2, 0) is 32.9 Å². The Morgan fingerprint density at radius 3 is 0.944 bits per heavy atom. The summed E-state index contributed by atoms with van der Waals surface area (Å²) in [7, 11) is -29.7. The van der Waals surface area contributed by atoms with Gasteiger partial charge in [0.05, 0.1) is 5.75 Å². The van der Waals surface area contributed by atoms with Gasteiger partial charge in [-0.1, -0.05) is 6.08 Å². The van der Waals surface area contributed by atoms with Crippen molar-refractivity contribution in [3.63, 3.8) is 0 Å². The van der Waals surface area contributed by atoms with Crippen molar-refractivity contribution in [2.45, 2.75) is 19.3 Å². The smallest absolute Gasteiger partial charge is 0.753 e. The first-order chi connectivity index (χ1) is 14.6. The first kappa shape index (κ1) is 53.0. The molecule has 0 amide bonds. The Hall–Kier alpha value is 0.647. The van der Waals surface area contributed by atoms with Crippen molar-refractivity contribution in [3.05, 3.63) is 12.7 Å². The summed E-state index contributed by atoms with van der Waals surface area (Å²) < 4.78 is 123. The molecule has 36 heavy (non-hydrogen) atoms. The molecule has 30 heteroatoms. The van der Waals surface area contributed by atoms with Crippen molar-refractivity contribution < 1.29 is 125 Å². The first-order valence-corrected chi connectivity index (χ1v) is 16.0. The second-order valence-electron chi connectivity index (χ2n) is 4.41. The Bertz CT molecular complexity index is 715. The summed E-state index contributed by atoms with van der Waals surface area (Å²) in [5.74, 6) is -0.138. The second kappa shape index (κ2) is 24.7. The summed E-state index contributed by atoms with van der Waals surface area (Å²) >= 11 is 0. The Balaban J connectivity index is -0.0000000575. The molecular weight excluding hydrogens is 649 g/mol. The van der Waals surface area contributed by atoms with E-state index in [-0.39, 0.29) is 24.6 Å². The molecule has 0 aliphatic rings. The van der Waals surface area contributed by atoms with Crippen LogP contribution in [0, 0.1) is 0 Å². The maximum absolute atomic E-state index is 10.4. The molecule has 0 saturated carbocycles. The Morgan fingerprint density at radius 2 is 0.833 bits per heavy atom. The van der Waals surface area contributed by atoms with Crippen LogP contribution in [0.1, 0.15) is 19.3 Å². The minimum Gasteiger partial charge on any atom is -0.753 e. The number of hydrogen-bond acceptors (Lipinski definition) is 8.